The molecule has 2 aliphatic heterocycles. The van der Waals surface area contributed by atoms with Gasteiger partial charge in [-0.1, -0.05) is 18.2 Å². The monoisotopic (exact) mass is 492 g/mol. The molecule has 0 saturated heterocycles. The molecule has 36 heavy (non-hydrogen) atoms. The maximum atomic E-state index is 13.2. The molecule has 2 bridgehead atoms. The van der Waals surface area contributed by atoms with Gasteiger partial charge < -0.3 is 25.6 Å². The Hall–Kier alpha value is -4.15. The number of amides is 3. The summed E-state index contributed by atoms with van der Waals surface area (Å²) in [5.41, 5.74) is -0.456. The molecule has 11 heteroatoms. The van der Waals surface area contributed by atoms with E-state index in [1.807, 2.05) is 24.3 Å². The summed E-state index contributed by atoms with van der Waals surface area (Å²) in [6.07, 6.45) is 4.15. The summed E-state index contributed by atoms with van der Waals surface area (Å²) < 4.78 is 1.34. The Morgan fingerprint density at radius 2 is 1.94 bits per heavy atom. The van der Waals surface area contributed by atoms with Crippen LogP contribution in [-0.4, -0.2) is 56.4 Å². The number of para-hydroxylation sites is 1. The van der Waals surface area contributed by atoms with E-state index in [1.54, 1.807) is 6.20 Å². The van der Waals surface area contributed by atoms with E-state index in [-0.39, 0.29) is 18.3 Å². The lowest BCUT2D eigenvalue weighted by molar-refractivity contribution is -0.145. The van der Waals surface area contributed by atoms with Crippen LogP contribution in [0.1, 0.15) is 47.6 Å². The molecule has 1 aliphatic carbocycles. The molecule has 3 aliphatic rings. The molecule has 0 radical (unpaired) electrons. The van der Waals surface area contributed by atoms with Crippen LogP contribution < -0.4 is 16.2 Å². The van der Waals surface area contributed by atoms with Crippen molar-refractivity contribution < 1.29 is 19.5 Å². The normalized spacial score (nSPS) is 20.4. The number of nitrogens with one attached hydrogen (secondary N) is 3. The smallest absolute Gasteiger partial charge is 0.311 e. The van der Waals surface area contributed by atoms with Crippen molar-refractivity contribution in [1.29, 1.82) is 0 Å². The molecule has 3 aromatic rings. The Labute approximate surface area is 206 Å². The zero-order valence-corrected chi connectivity index (χ0v) is 20.1. The molecule has 11 nitrogen and oxygen atoms in total. The molecule has 1 fully saturated rings. The molecule has 4 N–H and O–H groups in total. The summed E-state index contributed by atoms with van der Waals surface area (Å²) in [6, 6.07) is 7.65. The third-order valence-electron chi connectivity index (χ3n) is 7.26. The summed E-state index contributed by atoms with van der Waals surface area (Å²) in [5, 5.41) is 17.1. The first kappa shape index (κ1) is 23.6. The van der Waals surface area contributed by atoms with E-state index in [1.165, 1.54) is 23.6 Å². The van der Waals surface area contributed by atoms with E-state index in [9.17, 15) is 24.3 Å². The highest BCUT2D eigenvalue weighted by Gasteiger charge is 2.46. The van der Waals surface area contributed by atoms with Crippen molar-refractivity contribution >= 4 is 28.6 Å². The Morgan fingerprint density at radius 3 is 2.67 bits per heavy atom. The Morgan fingerprint density at radius 1 is 1.22 bits per heavy atom. The lowest BCUT2D eigenvalue weighted by Crippen LogP contribution is -2.53. The lowest BCUT2D eigenvalue weighted by atomic mass is 9.77. The van der Waals surface area contributed by atoms with Crippen molar-refractivity contribution in [3.05, 3.63) is 57.9 Å². The number of aromatic amines is 1. The quantitative estimate of drug-likeness (QED) is 0.399. The van der Waals surface area contributed by atoms with E-state index < -0.39 is 40.3 Å². The van der Waals surface area contributed by atoms with Gasteiger partial charge >= 0.3 is 11.8 Å². The number of hydrogen-bond acceptors (Lipinski definition) is 6. The highest BCUT2D eigenvalue weighted by atomic mass is 16.3. The third-order valence-corrected chi connectivity index (χ3v) is 7.26. The second-order valence-corrected chi connectivity index (χ2v) is 9.77. The first-order chi connectivity index (χ1) is 17.2. The van der Waals surface area contributed by atoms with Crippen LogP contribution in [0.25, 0.3) is 10.9 Å². The minimum Gasteiger partial charge on any atom is -0.501 e. The van der Waals surface area contributed by atoms with E-state index in [2.05, 4.69) is 20.6 Å². The molecule has 188 valence electrons. The molecular weight excluding hydrogens is 464 g/mol. The van der Waals surface area contributed by atoms with E-state index in [4.69, 9.17) is 0 Å². The summed E-state index contributed by atoms with van der Waals surface area (Å²) in [4.78, 5) is 60.1. The van der Waals surface area contributed by atoms with Gasteiger partial charge in [-0.2, -0.15) is 0 Å². The number of likely N-dealkylation sites (N-methyl/N-ethyl adjacent to an activating group) is 1. The number of nitrogens with zero attached hydrogens (tertiary/aromatic N) is 3. The van der Waals surface area contributed by atoms with Crippen molar-refractivity contribution in [3.8, 4) is 5.75 Å². The molecule has 0 atom stereocenters. The molecular formula is C25H28N6O5. The average Bonchev–Trinajstić information content (AvgIpc) is 3.14. The zero-order valence-electron chi connectivity index (χ0n) is 20.1. The predicted molar refractivity (Wildman–Crippen MR) is 130 cm³/mol. The van der Waals surface area contributed by atoms with E-state index in [0.29, 0.717) is 32.2 Å². The lowest BCUT2D eigenvalue weighted by Gasteiger charge is -2.37. The minimum atomic E-state index is -1.09. The summed E-state index contributed by atoms with van der Waals surface area (Å²) in [6.45, 7) is 0.481. The van der Waals surface area contributed by atoms with Crippen LogP contribution in [0.5, 0.6) is 5.75 Å². The summed E-state index contributed by atoms with van der Waals surface area (Å²) in [5.74, 6) is -2.60. The van der Waals surface area contributed by atoms with Gasteiger partial charge in [0.25, 0.3) is 11.5 Å². The minimum absolute atomic E-state index is 0.156. The van der Waals surface area contributed by atoms with Gasteiger partial charge in [-0.25, -0.2) is 4.98 Å². The summed E-state index contributed by atoms with van der Waals surface area (Å²) >= 11 is 0. The standard InChI is InChI=1S/C25H28N6O5/c1-30(2)23(36)21(34)29-25-9-7-14(8-10-25)13-31-22(35)19(32)18(28-24(25)31)20(33)27-12-15-11-26-17-6-4-3-5-16(15)17/h3-6,11,14,26,32H,7-10,12-13H2,1-2H3,(H,27,33)(H,29,34). The van der Waals surface area contributed by atoms with Gasteiger partial charge in [0.05, 0.1) is 5.54 Å². The van der Waals surface area contributed by atoms with Crippen LogP contribution in [0, 0.1) is 5.92 Å². The third kappa shape index (κ3) is 3.90. The van der Waals surface area contributed by atoms with Gasteiger partial charge in [-0.3, -0.25) is 23.7 Å². The number of benzene rings is 1. The second kappa shape index (κ2) is 8.81. The molecule has 6 rings (SSSR count). The zero-order chi connectivity index (χ0) is 25.6. The van der Waals surface area contributed by atoms with Crippen molar-refractivity contribution in [2.45, 2.75) is 44.3 Å². The number of fused-ring (bicyclic) bond motifs is 3. The molecule has 2 aromatic heterocycles. The van der Waals surface area contributed by atoms with Gasteiger partial charge in [-0.05, 0) is 43.2 Å². The Kier molecular flexibility index (Phi) is 5.77. The number of aromatic hydroxyl groups is 1. The van der Waals surface area contributed by atoms with Crippen molar-refractivity contribution in [1.82, 2.24) is 30.1 Å². The first-order valence-electron chi connectivity index (χ1n) is 11.9. The number of carbonyl (C=O) groups is 3. The van der Waals surface area contributed by atoms with Crippen molar-refractivity contribution in [3.63, 3.8) is 0 Å². The second-order valence-electron chi connectivity index (χ2n) is 9.77. The van der Waals surface area contributed by atoms with Crippen molar-refractivity contribution in [2.75, 3.05) is 14.1 Å². The Bertz CT molecular complexity index is 1430. The predicted octanol–water partition coefficient (Wildman–Crippen LogP) is 0.964. The van der Waals surface area contributed by atoms with E-state index >= 15 is 0 Å². The maximum absolute atomic E-state index is 13.2. The first-order valence-corrected chi connectivity index (χ1v) is 11.9. The number of H-pyrrole nitrogens is 1. The van der Waals surface area contributed by atoms with Gasteiger partial charge in [0.15, 0.2) is 5.69 Å². The molecule has 3 amide bonds. The molecule has 1 saturated carbocycles. The van der Waals surface area contributed by atoms with Gasteiger partial charge in [0.1, 0.15) is 5.82 Å². The number of hydrogen-bond donors (Lipinski definition) is 4. The maximum Gasteiger partial charge on any atom is 0.311 e. The fourth-order valence-corrected chi connectivity index (χ4v) is 5.26. The van der Waals surface area contributed by atoms with Gasteiger partial charge in [0, 0.05) is 44.3 Å². The fourth-order valence-electron chi connectivity index (χ4n) is 5.26. The van der Waals surface area contributed by atoms with Crippen LogP contribution >= 0.6 is 0 Å². The van der Waals surface area contributed by atoms with Gasteiger partial charge in [-0.15, -0.1) is 0 Å². The highest BCUT2D eigenvalue weighted by Crippen LogP contribution is 2.43. The number of rotatable bonds is 4. The van der Waals surface area contributed by atoms with Crippen LogP contribution in [0.2, 0.25) is 0 Å². The highest BCUT2D eigenvalue weighted by molar-refractivity contribution is 6.35. The topological polar surface area (TPSA) is 149 Å². The number of carbonyl (C=O) groups excluding carboxylic acids is 3. The van der Waals surface area contributed by atoms with Crippen LogP contribution in [0.15, 0.2) is 35.3 Å². The van der Waals surface area contributed by atoms with Crippen molar-refractivity contribution in [2.24, 2.45) is 5.92 Å². The van der Waals surface area contributed by atoms with Gasteiger partial charge in [0.2, 0.25) is 5.75 Å². The average molecular weight is 493 g/mol. The molecule has 4 heterocycles. The van der Waals surface area contributed by atoms with E-state index in [0.717, 1.165) is 16.5 Å². The molecule has 0 spiro atoms. The largest absolute Gasteiger partial charge is 0.501 e. The molecule has 1 aromatic carbocycles. The summed E-state index contributed by atoms with van der Waals surface area (Å²) in [7, 11) is 2.96. The SMILES string of the molecule is CN(C)C(=O)C(=O)NC12CCC(CC1)Cn1c2nc(C(=O)NCc2c[nH]c3ccccc23)c(O)c1=O. The van der Waals surface area contributed by atoms with Crippen LogP contribution in [0.3, 0.4) is 0 Å². The molecule has 0 unspecified atom stereocenters. The number of aromatic nitrogens is 3. The Balaban J connectivity index is 1.49. The fraction of sp³-hybridized carbons (Fsp3) is 0.400. The van der Waals surface area contributed by atoms with Crippen LogP contribution in [-0.2, 0) is 28.2 Å². The van der Waals surface area contributed by atoms with Crippen LogP contribution in [0.4, 0.5) is 0 Å².